The molecule has 0 spiro atoms. The van der Waals surface area contributed by atoms with Crippen LogP contribution in [0.15, 0.2) is 18.2 Å². The molecule has 0 bridgehead atoms. The molecule has 2 unspecified atom stereocenters. The SMILES string of the molecule is CC1CCNC(C(=O)Nc2ccc(F)cc2Cl)C1. The Labute approximate surface area is 111 Å². The van der Waals surface area contributed by atoms with Gasteiger partial charge in [-0.3, -0.25) is 4.79 Å². The molecule has 1 aliphatic heterocycles. The van der Waals surface area contributed by atoms with Crippen LogP contribution in [0, 0.1) is 11.7 Å². The lowest BCUT2D eigenvalue weighted by atomic mass is 9.94. The molecular formula is C13H16ClFN2O. The summed E-state index contributed by atoms with van der Waals surface area (Å²) in [7, 11) is 0. The van der Waals surface area contributed by atoms with Gasteiger partial charge in [-0.1, -0.05) is 18.5 Å². The van der Waals surface area contributed by atoms with E-state index in [0.717, 1.165) is 19.4 Å². The predicted octanol–water partition coefficient (Wildman–Crippen LogP) is 2.81. The zero-order valence-electron chi connectivity index (χ0n) is 10.2. The third-order valence-electron chi connectivity index (χ3n) is 3.17. The fourth-order valence-electron chi connectivity index (χ4n) is 2.12. The fourth-order valence-corrected chi connectivity index (χ4v) is 2.33. The van der Waals surface area contributed by atoms with Gasteiger partial charge in [-0.25, -0.2) is 4.39 Å². The van der Waals surface area contributed by atoms with Crippen LogP contribution in [0.1, 0.15) is 19.8 Å². The summed E-state index contributed by atoms with van der Waals surface area (Å²) in [6.07, 6.45) is 1.89. The molecule has 3 nitrogen and oxygen atoms in total. The van der Waals surface area contributed by atoms with E-state index < -0.39 is 5.82 Å². The number of rotatable bonds is 2. The van der Waals surface area contributed by atoms with Crippen molar-refractivity contribution in [3.8, 4) is 0 Å². The maximum Gasteiger partial charge on any atom is 0.241 e. The molecule has 1 aromatic carbocycles. The van der Waals surface area contributed by atoms with E-state index in [9.17, 15) is 9.18 Å². The van der Waals surface area contributed by atoms with Gasteiger partial charge >= 0.3 is 0 Å². The van der Waals surface area contributed by atoms with Gasteiger partial charge in [0.1, 0.15) is 5.82 Å². The van der Waals surface area contributed by atoms with E-state index in [2.05, 4.69) is 17.6 Å². The molecule has 1 aromatic rings. The van der Waals surface area contributed by atoms with Crippen LogP contribution in [-0.4, -0.2) is 18.5 Å². The minimum absolute atomic E-state index is 0.116. The summed E-state index contributed by atoms with van der Waals surface area (Å²) in [4.78, 5) is 12.0. The summed E-state index contributed by atoms with van der Waals surface area (Å²) in [6.45, 7) is 2.97. The maximum absolute atomic E-state index is 12.9. The normalized spacial score (nSPS) is 23.7. The number of nitrogens with one attached hydrogen (secondary N) is 2. The molecule has 5 heteroatoms. The van der Waals surface area contributed by atoms with Crippen molar-refractivity contribution >= 4 is 23.2 Å². The van der Waals surface area contributed by atoms with Crippen LogP contribution in [0.2, 0.25) is 5.02 Å². The quantitative estimate of drug-likeness (QED) is 0.868. The first kappa shape index (κ1) is 13.3. The van der Waals surface area contributed by atoms with E-state index in [0.29, 0.717) is 11.6 Å². The second-order valence-electron chi connectivity index (χ2n) is 4.75. The van der Waals surface area contributed by atoms with Crippen LogP contribution in [0.3, 0.4) is 0 Å². The van der Waals surface area contributed by atoms with Gasteiger partial charge in [0.15, 0.2) is 0 Å². The number of carbonyl (C=O) groups excluding carboxylic acids is 1. The summed E-state index contributed by atoms with van der Waals surface area (Å²) >= 11 is 5.87. The number of hydrogen-bond donors (Lipinski definition) is 2. The molecule has 1 saturated heterocycles. The van der Waals surface area contributed by atoms with E-state index in [-0.39, 0.29) is 17.0 Å². The molecular weight excluding hydrogens is 255 g/mol. The molecule has 1 aliphatic rings. The highest BCUT2D eigenvalue weighted by molar-refractivity contribution is 6.33. The molecule has 98 valence electrons. The molecule has 2 atom stereocenters. The Balaban J connectivity index is 2.02. The summed E-state index contributed by atoms with van der Waals surface area (Å²) in [5, 5.41) is 6.11. The van der Waals surface area contributed by atoms with E-state index in [1.54, 1.807) is 0 Å². The topological polar surface area (TPSA) is 41.1 Å². The van der Waals surface area contributed by atoms with Crippen molar-refractivity contribution in [1.29, 1.82) is 0 Å². The minimum Gasteiger partial charge on any atom is -0.323 e. The molecule has 1 amide bonds. The Bertz CT molecular complexity index is 453. The Morgan fingerprint density at radius 3 is 3.00 bits per heavy atom. The zero-order valence-corrected chi connectivity index (χ0v) is 10.9. The minimum atomic E-state index is -0.414. The second-order valence-corrected chi connectivity index (χ2v) is 5.16. The number of halogens is 2. The van der Waals surface area contributed by atoms with Gasteiger partial charge in [-0.15, -0.1) is 0 Å². The number of hydrogen-bond acceptors (Lipinski definition) is 2. The molecule has 1 heterocycles. The molecule has 0 aromatic heterocycles. The number of carbonyl (C=O) groups is 1. The Hall–Kier alpha value is -1.13. The first-order chi connectivity index (χ1) is 8.56. The lowest BCUT2D eigenvalue weighted by molar-refractivity contribution is -0.119. The van der Waals surface area contributed by atoms with Crippen molar-refractivity contribution < 1.29 is 9.18 Å². The van der Waals surface area contributed by atoms with Crippen LogP contribution in [0.25, 0.3) is 0 Å². The van der Waals surface area contributed by atoms with Crippen LogP contribution < -0.4 is 10.6 Å². The highest BCUT2D eigenvalue weighted by atomic mass is 35.5. The highest BCUT2D eigenvalue weighted by Gasteiger charge is 2.24. The second kappa shape index (κ2) is 5.67. The standard InChI is InChI=1S/C13H16ClFN2O/c1-8-4-5-16-12(6-8)13(18)17-11-3-2-9(15)7-10(11)14/h2-3,7-8,12,16H,4-6H2,1H3,(H,17,18). The van der Waals surface area contributed by atoms with E-state index >= 15 is 0 Å². The number of amides is 1. The third-order valence-corrected chi connectivity index (χ3v) is 3.48. The van der Waals surface area contributed by atoms with Crippen LogP contribution >= 0.6 is 11.6 Å². The van der Waals surface area contributed by atoms with Gasteiger partial charge in [-0.2, -0.15) is 0 Å². The first-order valence-corrected chi connectivity index (χ1v) is 6.43. The monoisotopic (exact) mass is 270 g/mol. The van der Waals surface area contributed by atoms with Gasteiger partial charge in [-0.05, 0) is 43.5 Å². The molecule has 0 radical (unpaired) electrons. The van der Waals surface area contributed by atoms with Crippen LogP contribution in [-0.2, 0) is 4.79 Å². The Kier molecular flexibility index (Phi) is 4.19. The van der Waals surface area contributed by atoms with Gasteiger partial charge in [0.2, 0.25) is 5.91 Å². The zero-order chi connectivity index (χ0) is 13.1. The molecule has 18 heavy (non-hydrogen) atoms. The highest BCUT2D eigenvalue weighted by Crippen LogP contribution is 2.23. The Morgan fingerprint density at radius 1 is 1.56 bits per heavy atom. The summed E-state index contributed by atoms with van der Waals surface area (Å²) < 4.78 is 12.9. The van der Waals surface area contributed by atoms with Gasteiger partial charge in [0.05, 0.1) is 16.8 Å². The smallest absolute Gasteiger partial charge is 0.241 e. The van der Waals surface area contributed by atoms with Gasteiger partial charge in [0, 0.05) is 0 Å². The van der Waals surface area contributed by atoms with Crippen LogP contribution in [0.5, 0.6) is 0 Å². The lowest BCUT2D eigenvalue weighted by Gasteiger charge is -2.27. The number of anilines is 1. The maximum atomic E-state index is 12.9. The van der Waals surface area contributed by atoms with E-state index in [1.165, 1.54) is 18.2 Å². The number of piperidine rings is 1. The van der Waals surface area contributed by atoms with Crippen molar-refractivity contribution in [3.63, 3.8) is 0 Å². The molecule has 0 saturated carbocycles. The first-order valence-electron chi connectivity index (χ1n) is 6.05. The van der Waals surface area contributed by atoms with Crippen molar-refractivity contribution in [3.05, 3.63) is 29.0 Å². The predicted molar refractivity (Wildman–Crippen MR) is 70.2 cm³/mol. The largest absolute Gasteiger partial charge is 0.323 e. The summed E-state index contributed by atoms with van der Waals surface area (Å²) in [5.74, 6) is 0.00293. The van der Waals surface area contributed by atoms with Crippen molar-refractivity contribution in [2.24, 2.45) is 5.92 Å². The van der Waals surface area contributed by atoms with E-state index in [1.807, 2.05) is 0 Å². The third kappa shape index (κ3) is 3.21. The molecule has 2 rings (SSSR count). The van der Waals surface area contributed by atoms with Crippen molar-refractivity contribution in [1.82, 2.24) is 5.32 Å². The molecule has 1 fully saturated rings. The summed E-state index contributed by atoms with van der Waals surface area (Å²) in [5.41, 5.74) is 0.447. The van der Waals surface area contributed by atoms with Crippen molar-refractivity contribution in [2.75, 3.05) is 11.9 Å². The number of benzene rings is 1. The average Bonchev–Trinajstić information content (AvgIpc) is 2.32. The van der Waals surface area contributed by atoms with Gasteiger partial charge in [0.25, 0.3) is 0 Å². The van der Waals surface area contributed by atoms with Gasteiger partial charge < -0.3 is 10.6 Å². The molecule has 0 aliphatic carbocycles. The fraction of sp³-hybridized carbons (Fsp3) is 0.462. The van der Waals surface area contributed by atoms with Crippen LogP contribution in [0.4, 0.5) is 10.1 Å². The average molecular weight is 271 g/mol. The summed E-state index contributed by atoms with van der Waals surface area (Å²) in [6, 6.07) is 3.74. The molecule has 2 N–H and O–H groups in total. The van der Waals surface area contributed by atoms with Crippen molar-refractivity contribution in [2.45, 2.75) is 25.8 Å². The Morgan fingerprint density at radius 2 is 2.33 bits per heavy atom. The van der Waals surface area contributed by atoms with E-state index in [4.69, 9.17) is 11.6 Å². The lowest BCUT2D eigenvalue weighted by Crippen LogP contribution is -2.45.